The lowest BCUT2D eigenvalue weighted by Crippen LogP contribution is -2.12. The van der Waals surface area contributed by atoms with Crippen LogP contribution in [0.3, 0.4) is 0 Å². The van der Waals surface area contributed by atoms with E-state index >= 15 is 0 Å². The fourth-order valence-corrected chi connectivity index (χ4v) is 1.89. The summed E-state index contributed by atoms with van der Waals surface area (Å²) in [6.07, 6.45) is 0.0552. The van der Waals surface area contributed by atoms with Crippen LogP contribution in [0.1, 0.15) is 27.4 Å². The molecule has 0 atom stereocenters. The van der Waals surface area contributed by atoms with Crippen molar-refractivity contribution in [3.63, 3.8) is 0 Å². The van der Waals surface area contributed by atoms with Crippen LogP contribution in [0.4, 0.5) is 14.6 Å². The van der Waals surface area contributed by atoms with Crippen LogP contribution >= 0.6 is 0 Å². The number of carbonyl (C=O) groups is 1. The number of nitrogen functional groups attached to an aromatic ring is 1. The number of hydrogen-bond acceptors (Lipinski definition) is 4. The average molecular weight is 279 g/mol. The molecular formula is C13H11F2N3O2. The molecule has 5 nitrogen and oxygen atoms in total. The van der Waals surface area contributed by atoms with Gasteiger partial charge in [-0.3, -0.25) is 0 Å². The summed E-state index contributed by atoms with van der Waals surface area (Å²) < 4.78 is 26.2. The monoisotopic (exact) mass is 279 g/mol. The summed E-state index contributed by atoms with van der Waals surface area (Å²) in [5.41, 5.74) is 5.93. The van der Waals surface area contributed by atoms with Crippen molar-refractivity contribution < 1.29 is 18.7 Å². The van der Waals surface area contributed by atoms with Gasteiger partial charge in [0.2, 0.25) is 0 Å². The highest BCUT2D eigenvalue weighted by atomic mass is 19.1. The van der Waals surface area contributed by atoms with Crippen LogP contribution < -0.4 is 5.73 Å². The molecule has 1 heterocycles. The van der Waals surface area contributed by atoms with E-state index in [9.17, 15) is 13.6 Å². The lowest BCUT2D eigenvalue weighted by Gasteiger charge is -2.07. The van der Waals surface area contributed by atoms with Crippen molar-refractivity contribution in [1.82, 2.24) is 9.97 Å². The number of rotatable bonds is 3. The molecule has 0 aliphatic heterocycles. The zero-order valence-corrected chi connectivity index (χ0v) is 10.5. The number of aromatic carboxylic acids is 1. The molecule has 0 aliphatic rings. The van der Waals surface area contributed by atoms with Gasteiger partial charge in [0.25, 0.3) is 0 Å². The summed E-state index contributed by atoms with van der Waals surface area (Å²) in [7, 11) is 0. The first kappa shape index (κ1) is 13.9. The predicted octanol–water partition coefficient (Wildman–Crippen LogP) is 1.93. The van der Waals surface area contributed by atoms with Gasteiger partial charge in [0.15, 0.2) is 0 Å². The molecule has 0 unspecified atom stereocenters. The highest BCUT2D eigenvalue weighted by Crippen LogP contribution is 2.16. The highest BCUT2D eigenvalue weighted by molar-refractivity contribution is 5.93. The van der Waals surface area contributed by atoms with E-state index in [1.54, 1.807) is 0 Å². The van der Waals surface area contributed by atoms with Gasteiger partial charge in [-0.15, -0.1) is 0 Å². The fraction of sp³-hybridized carbons (Fsp3) is 0.154. The topological polar surface area (TPSA) is 89.1 Å². The number of carboxylic acid groups (broad SMARTS) is 1. The number of benzene rings is 1. The molecule has 2 rings (SSSR count). The summed E-state index contributed by atoms with van der Waals surface area (Å²) in [5, 5.41) is 8.94. The van der Waals surface area contributed by atoms with Gasteiger partial charge in [-0.25, -0.2) is 23.5 Å². The first-order valence-electron chi connectivity index (χ1n) is 5.68. The number of anilines is 1. The summed E-state index contributed by atoms with van der Waals surface area (Å²) >= 11 is 0. The van der Waals surface area contributed by atoms with E-state index in [1.807, 2.05) is 0 Å². The third-order valence-corrected chi connectivity index (χ3v) is 2.66. The Hall–Kier alpha value is -2.57. The molecule has 0 aliphatic carbocycles. The maximum absolute atomic E-state index is 13.1. The van der Waals surface area contributed by atoms with Crippen molar-refractivity contribution in [2.45, 2.75) is 13.3 Å². The number of nitrogens with two attached hydrogens (primary N) is 1. The Morgan fingerprint density at radius 3 is 2.35 bits per heavy atom. The summed E-state index contributed by atoms with van der Waals surface area (Å²) in [6.45, 7) is 1.48. The van der Waals surface area contributed by atoms with Crippen LogP contribution in [0.15, 0.2) is 18.2 Å². The minimum Gasteiger partial charge on any atom is -0.477 e. The SMILES string of the molecule is Cc1nc(Cc2cc(F)cc(F)c2)nc(N)c1C(=O)O. The Morgan fingerprint density at radius 2 is 1.85 bits per heavy atom. The zero-order valence-electron chi connectivity index (χ0n) is 10.5. The molecule has 0 radical (unpaired) electrons. The van der Waals surface area contributed by atoms with E-state index in [0.717, 1.165) is 18.2 Å². The second-order valence-corrected chi connectivity index (χ2v) is 4.25. The van der Waals surface area contributed by atoms with Gasteiger partial charge in [0, 0.05) is 12.5 Å². The number of nitrogens with zero attached hydrogens (tertiary/aromatic N) is 2. The van der Waals surface area contributed by atoms with Gasteiger partial charge >= 0.3 is 5.97 Å². The molecule has 1 aromatic carbocycles. The first-order chi connectivity index (χ1) is 9.36. The van der Waals surface area contributed by atoms with Crippen LogP contribution in [0, 0.1) is 18.6 Å². The summed E-state index contributed by atoms with van der Waals surface area (Å²) in [4.78, 5) is 18.8. The Labute approximate surface area is 113 Å². The van der Waals surface area contributed by atoms with Crippen molar-refractivity contribution in [3.05, 3.63) is 52.5 Å². The number of halogens is 2. The molecule has 20 heavy (non-hydrogen) atoms. The normalized spacial score (nSPS) is 10.6. The van der Waals surface area contributed by atoms with Gasteiger partial charge in [-0.1, -0.05) is 0 Å². The smallest absolute Gasteiger partial charge is 0.341 e. The van der Waals surface area contributed by atoms with Crippen LogP contribution in [-0.4, -0.2) is 21.0 Å². The Balaban J connectivity index is 2.37. The Bertz CT molecular complexity index is 646. The van der Waals surface area contributed by atoms with E-state index in [4.69, 9.17) is 10.8 Å². The average Bonchev–Trinajstić information content (AvgIpc) is 2.25. The van der Waals surface area contributed by atoms with Crippen LogP contribution in [0.5, 0.6) is 0 Å². The van der Waals surface area contributed by atoms with Gasteiger partial charge in [0.05, 0.1) is 5.69 Å². The minimum absolute atomic E-state index is 0.0552. The zero-order chi connectivity index (χ0) is 14.9. The molecule has 7 heteroatoms. The van der Waals surface area contributed by atoms with Crippen LogP contribution in [0.2, 0.25) is 0 Å². The van der Waals surface area contributed by atoms with E-state index in [2.05, 4.69) is 9.97 Å². The van der Waals surface area contributed by atoms with E-state index in [0.29, 0.717) is 5.56 Å². The van der Waals surface area contributed by atoms with Crippen LogP contribution in [-0.2, 0) is 6.42 Å². The minimum atomic E-state index is -1.22. The predicted molar refractivity (Wildman–Crippen MR) is 67.3 cm³/mol. The highest BCUT2D eigenvalue weighted by Gasteiger charge is 2.16. The summed E-state index contributed by atoms with van der Waals surface area (Å²) in [6, 6.07) is 3.07. The molecule has 3 N–H and O–H groups in total. The van der Waals surface area contributed by atoms with Gasteiger partial charge < -0.3 is 10.8 Å². The second-order valence-electron chi connectivity index (χ2n) is 4.25. The van der Waals surface area contributed by atoms with Crippen molar-refractivity contribution in [1.29, 1.82) is 0 Å². The van der Waals surface area contributed by atoms with Gasteiger partial charge in [-0.2, -0.15) is 0 Å². The summed E-state index contributed by atoms with van der Waals surface area (Å²) in [5.74, 6) is -2.59. The first-order valence-corrected chi connectivity index (χ1v) is 5.68. The molecule has 104 valence electrons. The van der Waals surface area contributed by atoms with Crippen molar-refractivity contribution in [2.75, 3.05) is 5.73 Å². The third-order valence-electron chi connectivity index (χ3n) is 2.66. The largest absolute Gasteiger partial charge is 0.477 e. The number of aryl methyl sites for hydroxylation is 1. The second kappa shape index (κ2) is 5.20. The molecule has 1 aromatic heterocycles. The molecular weight excluding hydrogens is 268 g/mol. The maximum Gasteiger partial charge on any atom is 0.341 e. The van der Waals surface area contributed by atoms with Gasteiger partial charge in [0.1, 0.15) is 28.8 Å². The quantitative estimate of drug-likeness (QED) is 0.896. The standard InChI is InChI=1S/C13H11F2N3O2/c1-6-11(13(19)20)12(16)18-10(17-6)4-7-2-8(14)5-9(15)3-7/h2-3,5H,4H2,1H3,(H,19,20)(H2,16,17,18). The van der Waals surface area contributed by atoms with E-state index in [1.165, 1.54) is 6.92 Å². The lowest BCUT2D eigenvalue weighted by atomic mass is 10.1. The lowest BCUT2D eigenvalue weighted by molar-refractivity contribution is 0.0696. The molecule has 0 saturated carbocycles. The maximum atomic E-state index is 13.1. The van der Waals surface area contributed by atoms with Crippen molar-refractivity contribution in [3.8, 4) is 0 Å². The third kappa shape index (κ3) is 2.87. The van der Waals surface area contributed by atoms with E-state index < -0.39 is 17.6 Å². The molecule has 2 aromatic rings. The fourth-order valence-electron chi connectivity index (χ4n) is 1.89. The Kier molecular flexibility index (Phi) is 3.60. The number of hydrogen-bond donors (Lipinski definition) is 2. The number of aromatic nitrogens is 2. The Morgan fingerprint density at radius 1 is 1.25 bits per heavy atom. The molecule has 0 amide bonds. The molecule has 0 bridgehead atoms. The van der Waals surface area contributed by atoms with Crippen LogP contribution in [0.25, 0.3) is 0 Å². The molecule has 0 spiro atoms. The van der Waals surface area contributed by atoms with Gasteiger partial charge in [-0.05, 0) is 24.6 Å². The van der Waals surface area contributed by atoms with Crippen molar-refractivity contribution >= 4 is 11.8 Å². The molecule has 0 fully saturated rings. The van der Waals surface area contributed by atoms with E-state index in [-0.39, 0.29) is 29.3 Å². The molecule has 0 saturated heterocycles. The number of carboxylic acids is 1. The van der Waals surface area contributed by atoms with Crippen molar-refractivity contribution in [2.24, 2.45) is 0 Å².